The zero-order valence-corrected chi connectivity index (χ0v) is 16.6. The number of nitrogens with one attached hydrogen (secondary N) is 1. The molecule has 0 atom stereocenters. The zero-order chi connectivity index (χ0) is 19.2. The Labute approximate surface area is 170 Å². The van der Waals surface area contributed by atoms with Crippen LogP contribution >= 0.6 is 35.0 Å². The van der Waals surface area contributed by atoms with Gasteiger partial charge in [0.05, 0.1) is 19.1 Å². The van der Waals surface area contributed by atoms with Gasteiger partial charge in [-0.05, 0) is 24.3 Å². The Morgan fingerprint density at radius 1 is 1.30 bits per heavy atom. The Balaban J connectivity index is 1.79. The summed E-state index contributed by atoms with van der Waals surface area (Å²) in [5.41, 5.74) is 1.47. The molecule has 0 aromatic heterocycles. The summed E-state index contributed by atoms with van der Waals surface area (Å²) in [5, 5.41) is 12.2. The number of carbonyl (C=O) groups is 1. The molecular weight excluding hydrogens is 409 g/mol. The molecule has 0 bridgehead atoms. The number of thioether (sulfide) groups is 1. The van der Waals surface area contributed by atoms with Crippen LogP contribution in [0.2, 0.25) is 10.0 Å². The maximum Gasteiger partial charge on any atom is 0.236 e. The van der Waals surface area contributed by atoms with E-state index in [1.165, 1.54) is 11.8 Å². The van der Waals surface area contributed by atoms with Gasteiger partial charge in [0, 0.05) is 21.2 Å². The Morgan fingerprint density at radius 2 is 2.15 bits per heavy atom. The second-order valence-electron chi connectivity index (χ2n) is 5.39. The molecule has 1 N–H and O–H groups in total. The molecule has 2 aromatic carbocycles. The van der Waals surface area contributed by atoms with Gasteiger partial charge in [0.15, 0.2) is 16.7 Å². The van der Waals surface area contributed by atoms with Crippen molar-refractivity contribution in [2.75, 3.05) is 12.9 Å². The normalized spacial score (nSPS) is 15.4. The number of amides is 1. The summed E-state index contributed by atoms with van der Waals surface area (Å²) in [7, 11) is 1.56. The van der Waals surface area contributed by atoms with Crippen molar-refractivity contribution in [1.29, 1.82) is 0 Å². The van der Waals surface area contributed by atoms with Crippen molar-refractivity contribution in [2.45, 2.75) is 6.61 Å². The second-order valence-corrected chi connectivity index (χ2v) is 7.20. The molecule has 1 aliphatic heterocycles. The van der Waals surface area contributed by atoms with E-state index in [2.05, 4.69) is 15.5 Å². The van der Waals surface area contributed by atoms with Crippen LogP contribution in [-0.4, -0.2) is 30.2 Å². The molecule has 0 aliphatic carbocycles. The first-order valence-electron chi connectivity index (χ1n) is 7.84. The van der Waals surface area contributed by atoms with Crippen LogP contribution in [0.5, 0.6) is 11.5 Å². The Morgan fingerprint density at radius 3 is 2.85 bits per heavy atom. The molecule has 1 amide bonds. The van der Waals surface area contributed by atoms with Crippen LogP contribution in [0.1, 0.15) is 11.1 Å². The number of amidine groups is 1. The lowest BCUT2D eigenvalue weighted by atomic mass is 10.2. The van der Waals surface area contributed by atoms with Gasteiger partial charge in [0.2, 0.25) is 5.91 Å². The highest BCUT2D eigenvalue weighted by molar-refractivity contribution is 8.15. The standard InChI is InChI=1S/C18H15Cl2N3O3S/c1-25-15-4-2-3-11(8-21-23-18-22-16(24)10-27-18)17(15)26-9-12-5-6-13(19)7-14(12)20/h2-8H,9-10H2,1H3,(H,22,23,24). The third-order valence-electron chi connectivity index (χ3n) is 3.55. The first kappa shape index (κ1) is 19.5. The molecule has 9 heteroatoms. The van der Waals surface area contributed by atoms with Crippen molar-refractivity contribution in [3.05, 3.63) is 57.6 Å². The summed E-state index contributed by atoms with van der Waals surface area (Å²) in [6, 6.07) is 10.7. The predicted octanol–water partition coefficient (Wildman–Crippen LogP) is 4.13. The lowest BCUT2D eigenvalue weighted by Gasteiger charge is -2.13. The van der Waals surface area contributed by atoms with Crippen LogP contribution in [0, 0.1) is 0 Å². The molecule has 0 radical (unpaired) electrons. The number of nitrogens with zero attached hydrogens (tertiary/aromatic N) is 2. The summed E-state index contributed by atoms with van der Waals surface area (Å²) < 4.78 is 11.3. The highest BCUT2D eigenvalue weighted by Gasteiger charge is 2.16. The van der Waals surface area contributed by atoms with Crippen LogP contribution in [0.3, 0.4) is 0 Å². The summed E-state index contributed by atoms with van der Waals surface area (Å²) >= 11 is 13.4. The predicted molar refractivity (Wildman–Crippen MR) is 109 cm³/mol. The Bertz CT molecular complexity index is 919. The number of hydrogen-bond acceptors (Lipinski definition) is 6. The zero-order valence-electron chi connectivity index (χ0n) is 14.2. The summed E-state index contributed by atoms with van der Waals surface area (Å²) in [4.78, 5) is 11.2. The number of para-hydroxylation sites is 1. The average Bonchev–Trinajstić information content (AvgIpc) is 3.06. The molecule has 3 rings (SSSR count). The number of hydrogen-bond donors (Lipinski definition) is 1. The van der Waals surface area contributed by atoms with Crippen molar-refractivity contribution >= 4 is 52.3 Å². The molecule has 1 fully saturated rings. The molecule has 0 spiro atoms. The molecule has 1 saturated heterocycles. The molecule has 2 aromatic rings. The van der Waals surface area contributed by atoms with Crippen molar-refractivity contribution < 1.29 is 14.3 Å². The topological polar surface area (TPSA) is 72.3 Å². The van der Waals surface area contributed by atoms with Crippen LogP contribution < -0.4 is 14.8 Å². The van der Waals surface area contributed by atoms with Crippen molar-refractivity contribution in [3.8, 4) is 11.5 Å². The number of halogens is 2. The molecule has 1 heterocycles. The van der Waals surface area contributed by atoms with E-state index in [9.17, 15) is 4.79 Å². The SMILES string of the molecule is COc1cccc(C=NN=C2NC(=O)CS2)c1OCc1ccc(Cl)cc1Cl. The highest BCUT2D eigenvalue weighted by Crippen LogP contribution is 2.32. The average molecular weight is 424 g/mol. The van der Waals surface area contributed by atoms with Crippen molar-refractivity contribution in [3.63, 3.8) is 0 Å². The minimum absolute atomic E-state index is 0.0841. The first-order chi connectivity index (χ1) is 13.1. The van der Waals surface area contributed by atoms with Gasteiger partial charge < -0.3 is 14.8 Å². The molecule has 140 valence electrons. The monoisotopic (exact) mass is 423 g/mol. The van der Waals surface area contributed by atoms with Gasteiger partial charge in [-0.3, -0.25) is 4.79 Å². The minimum atomic E-state index is -0.0841. The number of benzene rings is 2. The van der Waals surface area contributed by atoms with E-state index in [0.717, 1.165) is 5.56 Å². The van der Waals surface area contributed by atoms with E-state index >= 15 is 0 Å². The minimum Gasteiger partial charge on any atom is -0.493 e. The fourth-order valence-corrected chi connectivity index (χ4v) is 3.35. The number of rotatable bonds is 6. The van der Waals surface area contributed by atoms with Gasteiger partial charge in [-0.2, -0.15) is 5.10 Å². The highest BCUT2D eigenvalue weighted by atomic mass is 35.5. The van der Waals surface area contributed by atoms with Crippen molar-refractivity contribution in [2.24, 2.45) is 10.2 Å². The summed E-state index contributed by atoms with van der Waals surface area (Å²) in [5.74, 6) is 1.33. The van der Waals surface area contributed by atoms with Gasteiger partial charge in [-0.1, -0.05) is 47.1 Å². The molecule has 1 aliphatic rings. The van der Waals surface area contributed by atoms with Gasteiger partial charge >= 0.3 is 0 Å². The Kier molecular flexibility index (Phi) is 6.60. The lowest BCUT2D eigenvalue weighted by molar-refractivity contribution is -0.116. The maximum atomic E-state index is 11.2. The lowest BCUT2D eigenvalue weighted by Crippen LogP contribution is -2.19. The third kappa shape index (κ3) is 5.15. The summed E-state index contributed by atoms with van der Waals surface area (Å²) in [6.07, 6.45) is 1.54. The number of carbonyl (C=O) groups excluding carboxylic acids is 1. The van der Waals surface area contributed by atoms with E-state index in [0.29, 0.717) is 38.0 Å². The van der Waals surface area contributed by atoms with Crippen LogP contribution in [0.15, 0.2) is 46.6 Å². The summed E-state index contributed by atoms with van der Waals surface area (Å²) in [6.45, 7) is 0.234. The molecule has 0 unspecified atom stereocenters. The van der Waals surface area contributed by atoms with Crippen LogP contribution in [0.25, 0.3) is 0 Å². The quantitative estimate of drug-likeness (QED) is 0.559. The maximum absolute atomic E-state index is 11.2. The molecule has 27 heavy (non-hydrogen) atoms. The molecule has 6 nitrogen and oxygen atoms in total. The van der Waals surface area contributed by atoms with Crippen LogP contribution in [-0.2, 0) is 11.4 Å². The van der Waals surface area contributed by atoms with Gasteiger partial charge in [0.25, 0.3) is 0 Å². The van der Waals surface area contributed by atoms with Gasteiger partial charge in [0.1, 0.15) is 6.61 Å². The molecular formula is C18H15Cl2N3O3S. The van der Waals surface area contributed by atoms with E-state index in [-0.39, 0.29) is 12.5 Å². The third-order valence-corrected chi connectivity index (χ3v) is 5.00. The van der Waals surface area contributed by atoms with E-state index in [1.54, 1.807) is 37.6 Å². The fourth-order valence-electron chi connectivity index (χ4n) is 2.26. The van der Waals surface area contributed by atoms with Gasteiger partial charge in [-0.15, -0.1) is 5.10 Å². The van der Waals surface area contributed by atoms with E-state index < -0.39 is 0 Å². The van der Waals surface area contributed by atoms with Gasteiger partial charge in [-0.25, -0.2) is 0 Å². The van der Waals surface area contributed by atoms with Crippen LogP contribution in [0.4, 0.5) is 0 Å². The Hall–Kier alpha value is -2.22. The number of methoxy groups -OCH3 is 1. The van der Waals surface area contributed by atoms with Crippen molar-refractivity contribution in [1.82, 2.24) is 5.32 Å². The largest absolute Gasteiger partial charge is 0.493 e. The second kappa shape index (κ2) is 9.12. The van der Waals surface area contributed by atoms with E-state index in [1.807, 2.05) is 12.1 Å². The smallest absolute Gasteiger partial charge is 0.236 e. The fraction of sp³-hybridized carbons (Fsp3) is 0.167. The van der Waals surface area contributed by atoms with E-state index in [4.69, 9.17) is 32.7 Å². The number of ether oxygens (including phenoxy) is 2. The molecule has 0 saturated carbocycles. The first-order valence-corrected chi connectivity index (χ1v) is 9.58.